The Morgan fingerprint density at radius 2 is 1.63 bits per heavy atom. The molecule has 0 spiro atoms. The van der Waals surface area contributed by atoms with Crippen LogP contribution in [0.1, 0.15) is 40.5 Å². The van der Waals surface area contributed by atoms with Gasteiger partial charge in [0, 0.05) is 22.2 Å². The molecule has 2 nitrogen and oxygen atoms in total. The number of benzene rings is 1. The molecule has 0 aliphatic carbocycles. The van der Waals surface area contributed by atoms with Gasteiger partial charge in [-0.05, 0) is 63.2 Å². The van der Waals surface area contributed by atoms with Gasteiger partial charge in [0.25, 0.3) is 0 Å². The maximum absolute atomic E-state index is 5.58. The van der Waals surface area contributed by atoms with E-state index in [1.54, 1.807) is 0 Å². The molecule has 1 N–H and O–H groups in total. The molecule has 1 aromatic carbocycles. The molecule has 4 heteroatoms. The van der Waals surface area contributed by atoms with Gasteiger partial charge in [0.05, 0.1) is 0 Å². The molecule has 0 bridgehead atoms. The van der Waals surface area contributed by atoms with E-state index in [1.807, 2.05) is 24.3 Å². The minimum Gasteiger partial charge on any atom is -0.344 e. The first-order chi connectivity index (χ1) is 8.99. The van der Waals surface area contributed by atoms with Gasteiger partial charge in [0.1, 0.15) is 0 Å². The van der Waals surface area contributed by atoms with Crippen molar-refractivity contribution in [1.82, 2.24) is 4.90 Å². The van der Waals surface area contributed by atoms with Crippen molar-refractivity contribution in [3.05, 3.63) is 28.7 Å². The zero-order valence-corrected chi connectivity index (χ0v) is 14.5. The number of thiocarbonyl (C=S) groups is 1. The molecule has 0 amide bonds. The summed E-state index contributed by atoms with van der Waals surface area (Å²) in [6.07, 6.45) is 2.18. The first kappa shape index (κ1) is 16.4. The zero-order chi connectivity index (χ0) is 14.4. The number of halogens is 1. The summed E-state index contributed by atoms with van der Waals surface area (Å²) in [5, 5.41) is 4.15. The molecule has 0 heterocycles. The third kappa shape index (κ3) is 4.77. The largest absolute Gasteiger partial charge is 0.344 e. The molecule has 0 aromatic heterocycles. The Bertz CT molecular complexity index is 395. The van der Waals surface area contributed by atoms with Crippen molar-refractivity contribution in [3.63, 3.8) is 0 Å². The van der Waals surface area contributed by atoms with Crippen molar-refractivity contribution >= 4 is 38.9 Å². The van der Waals surface area contributed by atoms with Crippen LogP contribution in [-0.2, 0) is 0 Å². The average Bonchev–Trinajstić information content (AvgIpc) is 2.41. The van der Waals surface area contributed by atoms with Gasteiger partial charge in [0.2, 0.25) is 0 Å². The van der Waals surface area contributed by atoms with Crippen LogP contribution in [0, 0.1) is 0 Å². The van der Waals surface area contributed by atoms with Gasteiger partial charge >= 0.3 is 0 Å². The number of rotatable bonds is 5. The van der Waals surface area contributed by atoms with Crippen molar-refractivity contribution in [2.24, 2.45) is 0 Å². The topological polar surface area (TPSA) is 15.3 Å². The van der Waals surface area contributed by atoms with E-state index in [4.69, 9.17) is 12.2 Å². The second-order valence-electron chi connectivity index (χ2n) is 4.86. The molecule has 1 rings (SSSR count). The van der Waals surface area contributed by atoms with Crippen LogP contribution >= 0.6 is 28.1 Å². The van der Waals surface area contributed by atoms with Crippen molar-refractivity contribution in [1.29, 1.82) is 0 Å². The number of hydrogen-bond acceptors (Lipinski definition) is 1. The number of nitrogens with one attached hydrogen (secondary N) is 1. The van der Waals surface area contributed by atoms with Gasteiger partial charge in [-0.1, -0.05) is 29.8 Å². The van der Waals surface area contributed by atoms with Crippen LogP contribution in [0.5, 0.6) is 0 Å². The highest BCUT2D eigenvalue weighted by atomic mass is 79.9. The summed E-state index contributed by atoms with van der Waals surface area (Å²) in [4.78, 5) is 2.30. The molecule has 19 heavy (non-hydrogen) atoms. The molecule has 2 unspecified atom stereocenters. The Morgan fingerprint density at radius 1 is 1.16 bits per heavy atom. The summed E-state index contributed by atoms with van der Waals surface area (Å²) < 4.78 is 1.07. The third-order valence-corrected chi connectivity index (χ3v) is 4.30. The van der Waals surface area contributed by atoms with E-state index in [0.717, 1.165) is 28.1 Å². The molecule has 0 fully saturated rings. The fourth-order valence-electron chi connectivity index (χ4n) is 1.95. The minimum absolute atomic E-state index is 0.449. The quantitative estimate of drug-likeness (QED) is 0.754. The minimum atomic E-state index is 0.449. The summed E-state index contributed by atoms with van der Waals surface area (Å²) in [7, 11) is 0. The molecule has 2 atom stereocenters. The van der Waals surface area contributed by atoms with E-state index in [-0.39, 0.29) is 0 Å². The van der Waals surface area contributed by atoms with Gasteiger partial charge in [-0.3, -0.25) is 0 Å². The van der Waals surface area contributed by atoms with Gasteiger partial charge in [-0.2, -0.15) is 0 Å². The van der Waals surface area contributed by atoms with Crippen LogP contribution in [-0.4, -0.2) is 22.1 Å². The van der Waals surface area contributed by atoms with Gasteiger partial charge in [-0.15, -0.1) is 0 Å². The Labute approximate surface area is 130 Å². The van der Waals surface area contributed by atoms with Crippen LogP contribution in [0.2, 0.25) is 0 Å². The van der Waals surface area contributed by atoms with E-state index in [1.165, 1.54) is 0 Å². The lowest BCUT2D eigenvalue weighted by atomic mass is 10.1. The smallest absolute Gasteiger partial charge is 0.173 e. The van der Waals surface area contributed by atoms with Crippen LogP contribution < -0.4 is 5.32 Å². The second kappa shape index (κ2) is 7.85. The molecule has 0 aliphatic rings. The van der Waals surface area contributed by atoms with E-state index in [2.05, 4.69) is 53.8 Å². The predicted molar refractivity (Wildman–Crippen MR) is 91.7 cm³/mol. The van der Waals surface area contributed by atoms with Crippen molar-refractivity contribution < 1.29 is 0 Å². The molecule has 0 saturated heterocycles. The van der Waals surface area contributed by atoms with E-state index < -0.39 is 0 Å². The van der Waals surface area contributed by atoms with Crippen LogP contribution in [0.3, 0.4) is 0 Å². The first-order valence-corrected chi connectivity index (χ1v) is 8.04. The maximum Gasteiger partial charge on any atom is 0.173 e. The van der Waals surface area contributed by atoms with E-state index in [9.17, 15) is 0 Å². The summed E-state index contributed by atoms with van der Waals surface area (Å²) in [6.45, 7) is 8.84. The average molecular weight is 343 g/mol. The number of nitrogens with zero attached hydrogens (tertiary/aromatic N) is 1. The highest BCUT2D eigenvalue weighted by Crippen LogP contribution is 2.17. The van der Waals surface area contributed by atoms with Crippen LogP contribution in [0.15, 0.2) is 28.7 Å². The second-order valence-corrected chi connectivity index (χ2v) is 6.16. The summed E-state index contributed by atoms with van der Waals surface area (Å²) in [6, 6.07) is 8.99. The lowest BCUT2D eigenvalue weighted by Crippen LogP contribution is -2.46. The Morgan fingerprint density at radius 3 is 2.05 bits per heavy atom. The molecule has 1 aromatic rings. The fourth-order valence-corrected chi connectivity index (χ4v) is 2.69. The van der Waals surface area contributed by atoms with E-state index in [0.29, 0.717) is 12.1 Å². The molecule has 106 valence electrons. The number of hydrogen-bond donors (Lipinski definition) is 1. The summed E-state index contributed by atoms with van der Waals surface area (Å²) in [5.74, 6) is 0. The normalized spacial score (nSPS) is 13.7. The Hall–Kier alpha value is -0.610. The molecule has 0 aliphatic heterocycles. The van der Waals surface area contributed by atoms with Crippen molar-refractivity contribution in [2.75, 3.05) is 5.32 Å². The number of anilines is 1. The van der Waals surface area contributed by atoms with Crippen LogP contribution in [0.4, 0.5) is 5.69 Å². The molecular weight excluding hydrogens is 320 g/mol. The van der Waals surface area contributed by atoms with E-state index >= 15 is 0 Å². The van der Waals surface area contributed by atoms with Crippen molar-refractivity contribution in [2.45, 2.75) is 52.6 Å². The monoisotopic (exact) mass is 342 g/mol. The van der Waals surface area contributed by atoms with Gasteiger partial charge in [-0.25, -0.2) is 0 Å². The SMILES string of the molecule is CCC(C)N(C(=S)Nc1ccc(Br)cc1)C(C)CC. The van der Waals surface area contributed by atoms with Crippen LogP contribution in [0.25, 0.3) is 0 Å². The predicted octanol–water partition coefficient (Wildman–Crippen LogP) is 5.04. The fraction of sp³-hybridized carbons (Fsp3) is 0.533. The highest BCUT2D eigenvalue weighted by molar-refractivity contribution is 9.10. The summed E-state index contributed by atoms with van der Waals surface area (Å²) >= 11 is 9.02. The Kier molecular flexibility index (Phi) is 6.80. The highest BCUT2D eigenvalue weighted by Gasteiger charge is 2.20. The lowest BCUT2D eigenvalue weighted by molar-refractivity contribution is 0.254. The first-order valence-electron chi connectivity index (χ1n) is 6.84. The van der Waals surface area contributed by atoms with Gasteiger partial charge in [0.15, 0.2) is 5.11 Å². The zero-order valence-electron chi connectivity index (χ0n) is 12.1. The third-order valence-electron chi connectivity index (χ3n) is 3.46. The lowest BCUT2D eigenvalue weighted by Gasteiger charge is -2.36. The van der Waals surface area contributed by atoms with Gasteiger partial charge < -0.3 is 10.2 Å². The maximum atomic E-state index is 5.58. The standard InChI is InChI=1S/C15H23BrN2S/c1-5-11(3)18(12(4)6-2)15(19)17-14-9-7-13(16)8-10-14/h7-12H,5-6H2,1-4H3,(H,17,19). The molecular formula is C15H23BrN2S. The molecule has 0 radical (unpaired) electrons. The molecule has 0 saturated carbocycles. The summed E-state index contributed by atoms with van der Waals surface area (Å²) in [5.41, 5.74) is 1.03. The van der Waals surface area contributed by atoms with Crippen molar-refractivity contribution in [3.8, 4) is 0 Å². The Balaban J connectivity index is 2.79.